The topological polar surface area (TPSA) is 91.4 Å². The fourth-order valence-electron chi connectivity index (χ4n) is 4.81. The van der Waals surface area contributed by atoms with E-state index in [2.05, 4.69) is 5.32 Å². The van der Waals surface area contributed by atoms with Crippen LogP contribution < -0.4 is 10.1 Å². The molecule has 4 rings (SSSR count). The lowest BCUT2D eigenvalue weighted by molar-refractivity contribution is -0.128. The van der Waals surface area contributed by atoms with E-state index in [1.54, 1.807) is 65.4 Å². The first-order valence-corrected chi connectivity index (χ1v) is 12.2. The number of ether oxygens (including phenoxy) is 2. The zero-order chi connectivity index (χ0) is 25.7. The van der Waals surface area contributed by atoms with E-state index in [0.717, 1.165) is 0 Å². The van der Waals surface area contributed by atoms with Gasteiger partial charge in [0.2, 0.25) is 5.91 Å². The smallest absolute Gasteiger partial charge is 0.256 e. The number of hydrogen-bond donors (Lipinski definition) is 1. The van der Waals surface area contributed by atoms with Gasteiger partial charge in [0.1, 0.15) is 17.5 Å². The SMILES string of the molecule is COc1cccc(C(=O)N2CCC3(CC2)OCC(C(=O)NCCN(C)C)N3C(=O)c2ccccc2)c1. The Morgan fingerprint density at radius 2 is 1.72 bits per heavy atom. The quantitative estimate of drug-likeness (QED) is 0.632. The van der Waals surface area contributed by atoms with Gasteiger partial charge in [0.15, 0.2) is 0 Å². The largest absolute Gasteiger partial charge is 0.497 e. The Bertz CT molecular complexity index is 1080. The highest BCUT2D eigenvalue weighted by Gasteiger charge is 2.54. The molecule has 1 atom stereocenters. The molecule has 2 aromatic rings. The second-order valence-electron chi connectivity index (χ2n) is 9.43. The number of hydrogen-bond acceptors (Lipinski definition) is 6. The average molecular weight is 495 g/mol. The molecular weight excluding hydrogens is 460 g/mol. The van der Waals surface area contributed by atoms with E-state index in [9.17, 15) is 14.4 Å². The third kappa shape index (κ3) is 5.37. The predicted molar refractivity (Wildman–Crippen MR) is 135 cm³/mol. The lowest BCUT2D eigenvalue weighted by atomic mass is 9.96. The van der Waals surface area contributed by atoms with Crippen molar-refractivity contribution in [3.63, 3.8) is 0 Å². The van der Waals surface area contributed by atoms with Crippen molar-refractivity contribution in [3.05, 3.63) is 65.7 Å². The molecule has 2 aromatic carbocycles. The third-order valence-corrected chi connectivity index (χ3v) is 6.81. The van der Waals surface area contributed by atoms with Crippen LogP contribution in [0.1, 0.15) is 33.6 Å². The van der Waals surface area contributed by atoms with Gasteiger partial charge in [-0.1, -0.05) is 24.3 Å². The van der Waals surface area contributed by atoms with E-state index in [0.29, 0.717) is 55.9 Å². The number of amides is 3. The Kier molecular flexibility index (Phi) is 7.91. The maximum absolute atomic E-state index is 13.7. The monoisotopic (exact) mass is 494 g/mol. The molecule has 2 aliphatic heterocycles. The van der Waals surface area contributed by atoms with Gasteiger partial charge in [-0.3, -0.25) is 19.3 Å². The lowest BCUT2D eigenvalue weighted by Crippen LogP contribution is -2.60. The van der Waals surface area contributed by atoms with Crippen molar-refractivity contribution in [2.75, 3.05) is 54.0 Å². The molecule has 1 spiro atoms. The van der Waals surface area contributed by atoms with Crippen LogP contribution in [0.15, 0.2) is 54.6 Å². The molecule has 2 fully saturated rings. The minimum Gasteiger partial charge on any atom is -0.497 e. The van der Waals surface area contributed by atoms with Crippen LogP contribution in [-0.4, -0.2) is 98.2 Å². The van der Waals surface area contributed by atoms with Crippen LogP contribution in [-0.2, 0) is 9.53 Å². The molecule has 192 valence electrons. The lowest BCUT2D eigenvalue weighted by Gasteiger charge is -2.44. The summed E-state index contributed by atoms with van der Waals surface area (Å²) in [5.41, 5.74) is 0.109. The fraction of sp³-hybridized carbons (Fsp3) is 0.444. The summed E-state index contributed by atoms with van der Waals surface area (Å²) in [5.74, 6) is 0.0539. The molecule has 9 heteroatoms. The Balaban J connectivity index is 1.52. The van der Waals surface area contributed by atoms with Crippen LogP contribution in [0.4, 0.5) is 0 Å². The van der Waals surface area contributed by atoms with E-state index in [1.807, 2.05) is 25.1 Å². The van der Waals surface area contributed by atoms with Gasteiger partial charge in [-0.2, -0.15) is 0 Å². The van der Waals surface area contributed by atoms with Gasteiger partial charge >= 0.3 is 0 Å². The van der Waals surface area contributed by atoms with Crippen molar-refractivity contribution in [2.45, 2.75) is 24.6 Å². The second-order valence-corrected chi connectivity index (χ2v) is 9.43. The zero-order valence-electron chi connectivity index (χ0n) is 21.1. The Morgan fingerprint density at radius 1 is 1.03 bits per heavy atom. The molecule has 0 aromatic heterocycles. The number of carbonyl (C=O) groups excluding carboxylic acids is 3. The van der Waals surface area contributed by atoms with E-state index in [1.165, 1.54) is 0 Å². The first-order chi connectivity index (χ1) is 17.3. The van der Waals surface area contributed by atoms with Crippen molar-refractivity contribution in [1.82, 2.24) is 20.0 Å². The molecular formula is C27H34N4O5. The van der Waals surface area contributed by atoms with Gasteiger partial charge in [-0.15, -0.1) is 0 Å². The molecule has 3 amide bonds. The molecule has 9 nitrogen and oxygen atoms in total. The number of piperidine rings is 1. The van der Waals surface area contributed by atoms with Gasteiger partial charge in [-0.05, 0) is 44.4 Å². The van der Waals surface area contributed by atoms with E-state index in [-0.39, 0.29) is 24.3 Å². The number of rotatable bonds is 7. The summed E-state index contributed by atoms with van der Waals surface area (Å²) in [5, 5.41) is 2.94. The standard InChI is InChI=1S/C27H34N4O5/c1-29(2)17-14-28-24(32)23-19-36-27(31(23)26(34)20-8-5-4-6-9-20)12-15-30(16-13-27)25(33)21-10-7-11-22(18-21)35-3/h4-11,18,23H,12-17,19H2,1-3H3,(H,28,32). The first kappa shape index (κ1) is 25.7. The average Bonchev–Trinajstić information content (AvgIpc) is 3.27. The van der Waals surface area contributed by atoms with Crippen molar-refractivity contribution in [1.29, 1.82) is 0 Å². The summed E-state index contributed by atoms with van der Waals surface area (Å²) in [6, 6.07) is 15.3. The Hall–Kier alpha value is -3.43. The highest BCUT2D eigenvalue weighted by atomic mass is 16.5. The number of likely N-dealkylation sites (N-methyl/N-ethyl adjacent to an activating group) is 1. The van der Waals surface area contributed by atoms with E-state index < -0.39 is 11.8 Å². The number of nitrogens with zero attached hydrogens (tertiary/aromatic N) is 3. The number of carbonyl (C=O) groups is 3. The van der Waals surface area contributed by atoms with Crippen molar-refractivity contribution >= 4 is 17.7 Å². The van der Waals surface area contributed by atoms with Gasteiger partial charge in [0.05, 0.1) is 13.7 Å². The van der Waals surface area contributed by atoms with Crippen LogP contribution in [0.25, 0.3) is 0 Å². The summed E-state index contributed by atoms with van der Waals surface area (Å²) in [6.45, 7) is 2.10. The highest BCUT2D eigenvalue weighted by Crippen LogP contribution is 2.39. The zero-order valence-corrected chi connectivity index (χ0v) is 21.1. The summed E-state index contributed by atoms with van der Waals surface area (Å²) in [7, 11) is 5.44. The molecule has 0 saturated carbocycles. The Labute approximate surface area is 211 Å². The summed E-state index contributed by atoms with van der Waals surface area (Å²) in [6.07, 6.45) is 0.839. The number of benzene rings is 2. The van der Waals surface area contributed by atoms with Gasteiger partial charge in [0, 0.05) is 50.1 Å². The predicted octanol–water partition coefficient (Wildman–Crippen LogP) is 1.85. The van der Waals surface area contributed by atoms with Crippen molar-refractivity contribution < 1.29 is 23.9 Å². The molecule has 2 saturated heterocycles. The molecule has 1 N–H and O–H groups in total. The normalized spacial score (nSPS) is 18.9. The van der Waals surface area contributed by atoms with Crippen LogP contribution in [0.3, 0.4) is 0 Å². The number of methoxy groups -OCH3 is 1. The fourth-order valence-corrected chi connectivity index (χ4v) is 4.81. The number of likely N-dealkylation sites (tertiary alicyclic amines) is 1. The summed E-state index contributed by atoms with van der Waals surface area (Å²) < 4.78 is 11.5. The van der Waals surface area contributed by atoms with Gasteiger partial charge < -0.3 is 24.6 Å². The molecule has 0 bridgehead atoms. The van der Waals surface area contributed by atoms with Crippen molar-refractivity contribution in [3.8, 4) is 5.75 Å². The van der Waals surface area contributed by atoms with Crippen molar-refractivity contribution in [2.24, 2.45) is 0 Å². The van der Waals surface area contributed by atoms with Crippen LogP contribution >= 0.6 is 0 Å². The summed E-state index contributed by atoms with van der Waals surface area (Å²) >= 11 is 0. The molecule has 0 radical (unpaired) electrons. The molecule has 2 aliphatic rings. The summed E-state index contributed by atoms with van der Waals surface area (Å²) in [4.78, 5) is 45.3. The Morgan fingerprint density at radius 3 is 2.39 bits per heavy atom. The maximum Gasteiger partial charge on any atom is 0.256 e. The molecule has 0 aliphatic carbocycles. The van der Waals surface area contributed by atoms with Crippen LogP contribution in [0, 0.1) is 0 Å². The highest BCUT2D eigenvalue weighted by molar-refractivity contribution is 5.98. The van der Waals surface area contributed by atoms with Gasteiger partial charge in [-0.25, -0.2) is 0 Å². The molecule has 1 unspecified atom stereocenters. The van der Waals surface area contributed by atoms with Gasteiger partial charge in [0.25, 0.3) is 11.8 Å². The van der Waals surface area contributed by atoms with E-state index >= 15 is 0 Å². The molecule has 2 heterocycles. The minimum atomic E-state index is -0.943. The van der Waals surface area contributed by atoms with E-state index in [4.69, 9.17) is 9.47 Å². The maximum atomic E-state index is 13.7. The second kappa shape index (κ2) is 11.1. The van der Waals surface area contributed by atoms with Crippen LogP contribution in [0.2, 0.25) is 0 Å². The number of nitrogens with one attached hydrogen (secondary N) is 1. The third-order valence-electron chi connectivity index (χ3n) is 6.81. The van der Waals surface area contributed by atoms with Crippen LogP contribution in [0.5, 0.6) is 5.75 Å². The first-order valence-electron chi connectivity index (χ1n) is 12.2. The molecule has 36 heavy (non-hydrogen) atoms. The minimum absolute atomic E-state index is 0.0966.